The monoisotopic (exact) mass is 366 g/mol. The largest absolute Gasteiger partial charge is 0.419 e. The zero-order valence-corrected chi connectivity index (χ0v) is 12.5. The zero-order valence-electron chi connectivity index (χ0n) is 11.6. The third kappa shape index (κ3) is 4.48. The zero-order chi connectivity index (χ0) is 16.5. The van der Waals surface area contributed by atoms with Crippen LogP contribution in [0.25, 0.3) is 0 Å². The molecule has 1 heterocycles. The average Bonchev–Trinajstić information content (AvgIpc) is 2.39. The maximum atomic E-state index is 14.0. The third-order valence-electron chi connectivity index (χ3n) is 3.46. The average molecular weight is 367 g/mol. The van der Waals surface area contributed by atoms with E-state index in [1.54, 1.807) is 0 Å². The summed E-state index contributed by atoms with van der Waals surface area (Å²) < 4.78 is 92.0. The van der Waals surface area contributed by atoms with E-state index in [-0.39, 0.29) is 38.6 Å². The van der Waals surface area contributed by atoms with Crippen molar-refractivity contribution in [1.29, 1.82) is 0 Å². The fourth-order valence-corrected chi connectivity index (χ4v) is 2.50. The van der Waals surface area contributed by atoms with Gasteiger partial charge in [0, 0.05) is 31.7 Å². The predicted octanol–water partition coefficient (Wildman–Crippen LogP) is 3.77. The molecule has 1 aliphatic heterocycles. The van der Waals surface area contributed by atoms with Gasteiger partial charge in [0.2, 0.25) is 0 Å². The molecule has 1 aromatic carbocycles. The molecule has 1 atom stereocenters. The number of halogens is 8. The van der Waals surface area contributed by atoms with Gasteiger partial charge in [-0.15, -0.1) is 12.4 Å². The Labute approximate surface area is 134 Å². The molecule has 0 unspecified atom stereocenters. The van der Waals surface area contributed by atoms with Gasteiger partial charge in [-0.25, -0.2) is 4.39 Å². The second kappa shape index (κ2) is 7.23. The first-order valence-electron chi connectivity index (χ1n) is 6.49. The summed E-state index contributed by atoms with van der Waals surface area (Å²) in [5, 5.41) is 2.84. The Morgan fingerprint density at radius 3 is 2.04 bits per heavy atom. The molecule has 0 bridgehead atoms. The summed E-state index contributed by atoms with van der Waals surface area (Å²) in [4.78, 5) is 0.940. The maximum absolute atomic E-state index is 14.0. The molecule has 132 valence electrons. The van der Waals surface area contributed by atoms with E-state index in [0.29, 0.717) is 6.07 Å². The Morgan fingerprint density at radius 1 is 1.00 bits per heavy atom. The Bertz CT molecular complexity index is 524. The molecule has 0 spiro atoms. The van der Waals surface area contributed by atoms with Crippen LogP contribution in [0.3, 0.4) is 0 Å². The van der Waals surface area contributed by atoms with Gasteiger partial charge >= 0.3 is 12.4 Å². The van der Waals surface area contributed by atoms with Gasteiger partial charge in [0.25, 0.3) is 0 Å². The Hall–Kier alpha value is -1.06. The van der Waals surface area contributed by atoms with Crippen LogP contribution in [-0.2, 0) is 6.18 Å². The van der Waals surface area contributed by atoms with Gasteiger partial charge in [-0.2, -0.15) is 26.3 Å². The highest BCUT2D eigenvalue weighted by Crippen LogP contribution is 2.41. The number of nitrogens with one attached hydrogen (secondary N) is 1. The minimum atomic E-state index is -5.04. The van der Waals surface area contributed by atoms with E-state index in [9.17, 15) is 30.7 Å². The summed E-state index contributed by atoms with van der Waals surface area (Å²) in [6.07, 6.45) is -9.91. The van der Waals surface area contributed by atoms with Crippen molar-refractivity contribution in [3.05, 3.63) is 35.1 Å². The summed E-state index contributed by atoms with van der Waals surface area (Å²) in [6, 6.07) is -0.409. The van der Waals surface area contributed by atoms with Crippen LogP contribution < -0.4 is 5.32 Å². The lowest BCUT2D eigenvalue weighted by Crippen LogP contribution is -2.49. The molecule has 10 heteroatoms. The van der Waals surface area contributed by atoms with Crippen LogP contribution in [0.1, 0.15) is 17.2 Å². The smallest absolute Gasteiger partial charge is 0.314 e. The second-order valence-electron chi connectivity index (χ2n) is 4.94. The van der Waals surface area contributed by atoms with Crippen molar-refractivity contribution < 1.29 is 30.7 Å². The van der Waals surface area contributed by atoms with E-state index in [0.717, 1.165) is 17.0 Å². The van der Waals surface area contributed by atoms with Gasteiger partial charge < -0.3 is 5.32 Å². The molecule has 1 aliphatic rings. The van der Waals surface area contributed by atoms with Gasteiger partial charge in [-0.1, -0.05) is 12.1 Å². The highest BCUT2D eigenvalue weighted by Gasteiger charge is 2.47. The van der Waals surface area contributed by atoms with Crippen molar-refractivity contribution in [2.75, 3.05) is 26.2 Å². The summed E-state index contributed by atoms with van der Waals surface area (Å²) in [7, 11) is 0. The summed E-state index contributed by atoms with van der Waals surface area (Å²) in [5.41, 5.74) is -2.68. The van der Waals surface area contributed by atoms with E-state index in [4.69, 9.17) is 0 Å². The number of hydrogen-bond donors (Lipinski definition) is 1. The first-order chi connectivity index (χ1) is 10.1. The van der Waals surface area contributed by atoms with Crippen molar-refractivity contribution in [3.63, 3.8) is 0 Å². The molecule has 1 fully saturated rings. The van der Waals surface area contributed by atoms with E-state index < -0.39 is 35.3 Å². The summed E-state index contributed by atoms with van der Waals surface area (Å²) >= 11 is 0. The molecular weight excluding hydrogens is 353 g/mol. The van der Waals surface area contributed by atoms with Gasteiger partial charge in [0.1, 0.15) is 11.9 Å². The SMILES string of the molecule is Cl.Fc1c([C@H](N2CCNCC2)C(F)(F)F)cccc1C(F)(F)F. The van der Waals surface area contributed by atoms with Crippen LogP contribution in [0.15, 0.2) is 18.2 Å². The summed E-state index contributed by atoms with van der Waals surface area (Å²) in [6.45, 7) is 0.458. The van der Waals surface area contributed by atoms with Gasteiger partial charge in [-0.3, -0.25) is 4.90 Å². The molecule has 0 aliphatic carbocycles. The van der Waals surface area contributed by atoms with Crippen molar-refractivity contribution in [2.45, 2.75) is 18.4 Å². The third-order valence-corrected chi connectivity index (χ3v) is 3.46. The molecule has 0 aromatic heterocycles. The Morgan fingerprint density at radius 2 is 1.57 bits per heavy atom. The number of nitrogens with zero attached hydrogens (tertiary/aromatic N) is 1. The summed E-state index contributed by atoms with van der Waals surface area (Å²) in [5.74, 6) is -1.86. The number of benzene rings is 1. The van der Waals surface area contributed by atoms with Crippen LogP contribution in [0.2, 0.25) is 0 Å². The predicted molar refractivity (Wildman–Crippen MR) is 71.9 cm³/mol. The number of piperazine rings is 1. The van der Waals surface area contributed by atoms with Crippen LogP contribution in [0, 0.1) is 5.82 Å². The molecular formula is C13H14ClF7N2. The Balaban J connectivity index is 0.00000264. The van der Waals surface area contributed by atoms with E-state index in [1.807, 2.05) is 0 Å². The highest BCUT2D eigenvalue weighted by molar-refractivity contribution is 5.85. The number of rotatable bonds is 2. The minimum Gasteiger partial charge on any atom is -0.314 e. The molecule has 0 radical (unpaired) electrons. The van der Waals surface area contributed by atoms with Crippen LogP contribution in [-0.4, -0.2) is 37.3 Å². The van der Waals surface area contributed by atoms with Crippen molar-refractivity contribution in [1.82, 2.24) is 10.2 Å². The van der Waals surface area contributed by atoms with E-state index >= 15 is 0 Å². The van der Waals surface area contributed by atoms with Gasteiger partial charge in [-0.05, 0) is 6.07 Å². The van der Waals surface area contributed by atoms with Crippen molar-refractivity contribution in [3.8, 4) is 0 Å². The molecule has 23 heavy (non-hydrogen) atoms. The maximum Gasteiger partial charge on any atom is 0.419 e. The van der Waals surface area contributed by atoms with Crippen LogP contribution in [0.4, 0.5) is 30.7 Å². The van der Waals surface area contributed by atoms with Crippen LogP contribution in [0.5, 0.6) is 0 Å². The molecule has 0 saturated carbocycles. The lowest BCUT2D eigenvalue weighted by atomic mass is 10.00. The van der Waals surface area contributed by atoms with Crippen molar-refractivity contribution >= 4 is 12.4 Å². The molecule has 0 amide bonds. The molecule has 1 saturated heterocycles. The van der Waals surface area contributed by atoms with Crippen LogP contribution >= 0.6 is 12.4 Å². The van der Waals surface area contributed by atoms with Crippen molar-refractivity contribution in [2.24, 2.45) is 0 Å². The fourth-order valence-electron chi connectivity index (χ4n) is 2.50. The molecule has 2 rings (SSSR count). The molecule has 2 nitrogen and oxygen atoms in total. The first kappa shape index (κ1) is 20.0. The quantitative estimate of drug-likeness (QED) is 0.802. The highest BCUT2D eigenvalue weighted by atomic mass is 35.5. The lowest BCUT2D eigenvalue weighted by Gasteiger charge is -2.36. The fraction of sp³-hybridized carbons (Fsp3) is 0.538. The minimum absolute atomic E-state index is 0. The topological polar surface area (TPSA) is 15.3 Å². The first-order valence-corrected chi connectivity index (χ1v) is 6.49. The Kier molecular flexibility index (Phi) is 6.28. The second-order valence-corrected chi connectivity index (χ2v) is 4.94. The lowest BCUT2D eigenvalue weighted by molar-refractivity contribution is -0.189. The molecule has 1 aromatic rings. The van der Waals surface area contributed by atoms with Gasteiger partial charge in [0.15, 0.2) is 0 Å². The van der Waals surface area contributed by atoms with E-state index in [1.165, 1.54) is 0 Å². The number of hydrogen-bond acceptors (Lipinski definition) is 2. The standard InChI is InChI=1S/C13H13F7N2.ClH/c14-10-8(2-1-3-9(10)12(15,16)17)11(13(18,19)20)22-6-4-21-5-7-22;/h1-3,11,21H,4-7H2;1H/t11-;/m0./s1. The number of alkyl halides is 6. The van der Waals surface area contributed by atoms with E-state index in [2.05, 4.69) is 5.32 Å². The normalized spacial score (nSPS) is 18.4. The molecule has 1 N–H and O–H groups in total. The van der Waals surface area contributed by atoms with Gasteiger partial charge in [0.05, 0.1) is 5.56 Å².